The minimum absolute atomic E-state index is 0.312. The van der Waals surface area contributed by atoms with Crippen LogP contribution in [-0.4, -0.2) is 29.2 Å². The largest absolute Gasteiger partial charge is 0.461 e. The van der Waals surface area contributed by atoms with E-state index in [0.717, 1.165) is 22.2 Å². The van der Waals surface area contributed by atoms with Crippen LogP contribution >= 0.6 is 0 Å². The average molecular weight is 416 g/mol. The number of H-pyrrole nitrogens is 1. The Balaban J connectivity index is 1.48. The van der Waals surface area contributed by atoms with Crippen LogP contribution in [0.4, 0.5) is 16.2 Å². The number of rotatable bonds is 3. The molecule has 4 N–H and O–H groups in total. The monoisotopic (exact) mass is 416 g/mol. The molecule has 1 aromatic heterocycles. The molecule has 1 unspecified atom stereocenters. The Labute approximate surface area is 177 Å². The molecule has 0 bridgehead atoms. The summed E-state index contributed by atoms with van der Waals surface area (Å²) >= 11 is 0. The zero-order chi connectivity index (χ0) is 21.5. The Morgan fingerprint density at radius 2 is 2.10 bits per heavy atom. The maximum Gasteiger partial charge on any atom is 0.319 e. The quantitative estimate of drug-likeness (QED) is 0.524. The van der Waals surface area contributed by atoms with Crippen LogP contribution in [0.3, 0.4) is 0 Å². The number of carbonyl (C=O) groups excluding carboxylic acids is 2. The van der Waals surface area contributed by atoms with Gasteiger partial charge in [-0.3, -0.25) is 9.89 Å². The highest BCUT2D eigenvalue weighted by Gasteiger charge is 2.32. The summed E-state index contributed by atoms with van der Waals surface area (Å²) < 4.78 is 5.63. The number of urea groups is 1. The molecule has 0 radical (unpaired) electrons. The number of fused-ring (bicyclic) bond motifs is 2. The van der Waals surface area contributed by atoms with Crippen LogP contribution in [0.25, 0.3) is 10.9 Å². The SMILES string of the molecule is CC1=C(C(=O)Nc2ccc3[nH]ncc3c2)C(c2ccc3c(c2)OC=CN3C)NC(=O)N1. The van der Waals surface area contributed by atoms with E-state index in [1.54, 1.807) is 25.4 Å². The van der Waals surface area contributed by atoms with E-state index in [0.29, 0.717) is 22.7 Å². The molecule has 31 heavy (non-hydrogen) atoms. The van der Waals surface area contributed by atoms with Crippen LogP contribution in [0.15, 0.2) is 66.3 Å². The van der Waals surface area contributed by atoms with Gasteiger partial charge in [0.2, 0.25) is 0 Å². The van der Waals surface area contributed by atoms with Gasteiger partial charge >= 0.3 is 6.03 Å². The summed E-state index contributed by atoms with van der Waals surface area (Å²) in [5, 5.41) is 16.2. The maximum atomic E-state index is 13.2. The van der Waals surface area contributed by atoms with E-state index in [9.17, 15) is 9.59 Å². The van der Waals surface area contributed by atoms with Crippen molar-refractivity contribution in [2.45, 2.75) is 13.0 Å². The fourth-order valence-electron chi connectivity index (χ4n) is 3.84. The first-order chi connectivity index (χ1) is 15.0. The Bertz CT molecular complexity index is 1280. The van der Waals surface area contributed by atoms with Gasteiger partial charge in [-0.2, -0.15) is 5.10 Å². The number of aromatic nitrogens is 2. The van der Waals surface area contributed by atoms with Crippen molar-refractivity contribution in [3.8, 4) is 5.75 Å². The van der Waals surface area contributed by atoms with Gasteiger partial charge in [-0.25, -0.2) is 4.79 Å². The molecule has 0 saturated heterocycles. The summed E-state index contributed by atoms with van der Waals surface area (Å²) in [4.78, 5) is 27.4. The molecule has 3 aromatic rings. The predicted molar refractivity (Wildman–Crippen MR) is 116 cm³/mol. The predicted octanol–water partition coefficient (Wildman–Crippen LogP) is 3.13. The molecule has 0 spiro atoms. The number of ether oxygens (including phenoxy) is 1. The van der Waals surface area contributed by atoms with Crippen LogP contribution in [0, 0.1) is 0 Å². The molecule has 156 valence electrons. The number of nitrogens with one attached hydrogen (secondary N) is 4. The van der Waals surface area contributed by atoms with Gasteiger partial charge in [-0.05, 0) is 42.8 Å². The Morgan fingerprint density at radius 3 is 2.97 bits per heavy atom. The standard InChI is InChI=1S/C22H20N6O3/c1-12-19(21(29)25-15-4-5-16-14(9-15)11-23-27-16)20(26-22(30)24-12)13-3-6-17-18(10-13)31-8-7-28(17)2/h3-11,20H,1-2H3,(H,23,27)(H,25,29)(H2,24,26,30). The number of hydrogen-bond acceptors (Lipinski definition) is 5. The smallest absolute Gasteiger partial charge is 0.319 e. The van der Waals surface area contributed by atoms with Crippen LogP contribution < -0.4 is 25.6 Å². The van der Waals surface area contributed by atoms with Gasteiger partial charge in [0.25, 0.3) is 5.91 Å². The summed E-state index contributed by atoms with van der Waals surface area (Å²) in [6.07, 6.45) is 5.10. The molecule has 1 atom stereocenters. The molecular formula is C22H20N6O3. The van der Waals surface area contributed by atoms with Crippen LogP contribution in [-0.2, 0) is 4.79 Å². The molecule has 2 aliphatic rings. The maximum absolute atomic E-state index is 13.2. The topological polar surface area (TPSA) is 111 Å². The second-order valence-corrected chi connectivity index (χ2v) is 7.44. The normalized spacial score (nSPS) is 17.7. The summed E-state index contributed by atoms with van der Waals surface area (Å²) in [6, 6.07) is 10.1. The second kappa shape index (κ2) is 7.21. The second-order valence-electron chi connectivity index (χ2n) is 7.44. The number of allylic oxidation sites excluding steroid dienone is 1. The van der Waals surface area contributed by atoms with E-state index in [2.05, 4.69) is 26.1 Å². The molecule has 0 fully saturated rings. The molecule has 0 saturated carbocycles. The number of amides is 3. The average Bonchev–Trinajstić information content (AvgIpc) is 3.21. The molecule has 9 heteroatoms. The minimum Gasteiger partial charge on any atom is -0.461 e. The summed E-state index contributed by atoms with van der Waals surface area (Å²) in [7, 11) is 1.92. The van der Waals surface area contributed by atoms with E-state index in [-0.39, 0.29) is 11.9 Å². The lowest BCUT2D eigenvalue weighted by Crippen LogP contribution is -2.46. The van der Waals surface area contributed by atoms with Gasteiger partial charge in [0, 0.05) is 30.0 Å². The van der Waals surface area contributed by atoms with E-state index >= 15 is 0 Å². The van der Waals surface area contributed by atoms with E-state index in [4.69, 9.17) is 4.74 Å². The van der Waals surface area contributed by atoms with Crippen LogP contribution in [0.5, 0.6) is 5.75 Å². The lowest BCUT2D eigenvalue weighted by atomic mass is 9.94. The zero-order valence-electron chi connectivity index (χ0n) is 16.9. The van der Waals surface area contributed by atoms with E-state index in [1.807, 2.05) is 48.5 Å². The highest BCUT2D eigenvalue weighted by Crippen LogP contribution is 2.36. The van der Waals surface area contributed by atoms with Gasteiger partial charge in [0.15, 0.2) is 5.75 Å². The fraction of sp³-hybridized carbons (Fsp3) is 0.136. The Hall–Kier alpha value is -4.27. The lowest BCUT2D eigenvalue weighted by Gasteiger charge is -2.30. The van der Waals surface area contributed by atoms with Crippen molar-refractivity contribution in [3.05, 3.63) is 71.9 Å². The third-order valence-electron chi connectivity index (χ3n) is 5.39. The molecule has 9 nitrogen and oxygen atoms in total. The van der Waals surface area contributed by atoms with E-state index in [1.165, 1.54) is 0 Å². The van der Waals surface area contributed by atoms with Crippen LogP contribution in [0.2, 0.25) is 0 Å². The highest BCUT2D eigenvalue weighted by atomic mass is 16.5. The van der Waals surface area contributed by atoms with Crippen molar-refractivity contribution < 1.29 is 14.3 Å². The van der Waals surface area contributed by atoms with Crippen molar-refractivity contribution in [3.63, 3.8) is 0 Å². The molecule has 0 aliphatic carbocycles. The van der Waals surface area contributed by atoms with Crippen molar-refractivity contribution in [2.24, 2.45) is 0 Å². The van der Waals surface area contributed by atoms with Gasteiger partial charge < -0.3 is 25.6 Å². The molecule has 5 rings (SSSR count). The molecule has 3 heterocycles. The number of anilines is 2. The first kappa shape index (κ1) is 18.7. The minimum atomic E-state index is -0.628. The lowest BCUT2D eigenvalue weighted by molar-refractivity contribution is -0.113. The Morgan fingerprint density at radius 1 is 1.23 bits per heavy atom. The molecule has 2 aliphatic heterocycles. The summed E-state index contributed by atoms with van der Waals surface area (Å²) in [6.45, 7) is 1.71. The first-order valence-electron chi connectivity index (χ1n) is 9.72. The third-order valence-corrected chi connectivity index (χ3v) is 5.39. The fourth-order valence-corrected chi connectivity index (χ4v) is 3.84. The van der Waals surface area contributed by atoms with Crippen molar-refractivity contribution >= 4 is 34.2 Å². The van der Waals surface area contributed by atoms with Gasteiger partial charge in [-0.15, -0.1) is 0 Å². The summed E-state index contributed by atoms with van der Waals surface area (Å²) in [5.41, 5.74) is 4.07. The number of aromatic amines is 1. The number of benzene rings is 2. The number of carbonyl (C=O) groups is 2. The van der Waals surface area contributed by atoms with Crippen molar-refractivity contribution in [1.29, 1.82) is 0 Å². The highest BCUT2D eigenvalue weighted by molar-refractivity contribution is 6.07. The zero-order valence-corrected chi connectivity index (χ0v) is 16.9. The Kier molecular flexibility index (Phi) is 4.36. The first-order valence-corrected chi connectivity index (χ1v) is 9.72. The van der Waals surface area contributed by atoms with Crippen LogP contribution in [0.1, 0.15) is 18.5 Å². The number of nitrogens with zero attached hydrogens (tertiary/aromatic N) is 2. The van der Waals surface area contributed by atoms with E-state index < -0.39 is 6.04 Å². The number of hydrogen-bond donors (Lipinski definition) is 4. The summed E-state index contributed by atoms with van der Waals surface area (Å²) in [5.74, 6) is 0.339. The third kappa shape index (κ3) is 3.35. The van der Waals surface area contributed by atoms with Crippen molar-refractivity contribution in [1.82, 2.24) is 20.8 Å². The van der Waals surface area contributed by atoms with Crippen molar-refractivity contribution in [2.75, 3.05) is 17.3 Å². The van der Waals surface area contributed by atoms with Gasteiger partial charge in [0.1, 0.15) is 6.26 Å². The van der Waals surface area contributed by atoms with Gasteiger partial charge in [0.05, 0.1) is 29.0 Å². The van der Waals surface area contributed by atoms with Gasteiger partial charge in [-0.1, -0.05) is 6.07 Å². The molecular weight excluding hydrogens is 396 g/mol. The molecule has 2 aromatic carbocycles. The molecule has 3 amide bonds.